The van der Waals surface area contributed by atoms with Crippen LogP contribution in [-0.4, -0.2) is 45.2 Å². The van der Waals surface area contributed by atoms with Gasteiger partial charge < -0.3 is 9.80 Å². The zero-order valence-corrected chi connectivity index (χ0v) is 15.4. The molecule has 3 heteroatoms. The molecule has 0 N–H and O–H groups in total. The van der Waals surface area contributed by atoms with Gasteiger partial charge in [0.1, 0.15) is 0 Å². The van der Waals surface area contributed by atoms with Crippen molar-refractivity contribution in [2.75, 3.05) is 50.1 Å². The minimum Gasteiger partial charge on any atom is -0.378 e. The maximum atomic E-state index is 2.56. The van der Waals surface area contributed by atoms with Crippen LogP contribution in [0.2, 0.25) is 0 Å². The van der Waals surface area contributed by atoms with Crippen molar-refractivity contribution in [3.63, 3.8) is 0 Å². The van der Waals surface area contributed by atoms with Crippen LogP contribution in [-0.2, 0) is 6.54 Å². The molecular formula is C21H29N3. The fourth-order valence-corrected chi connectivity index (χ4v) is 3.36. The molecule has 0 aliphatic carbocycles. The molecule has 0 amide bonds. The van der Waals surface area contributed by atoms with Crippen molar-refractivity contribution in [3.8, 4) is 0 Å². The molecule has 1 aliphatic rings. The number of piperazine rings is 1. The summed E-state index contributed by atoms with van der Waals surface area (Å²) in [5.41, 5.74) is 6.80. The van der Waals surface area contributed by atoms with Crippen molar-refractivity contribution in [3.05, 3.63) is 59.2 Å². The molecule has 128 valence electrons. The highest BCUT2D eigenvalue weighted by Gasteiger charge is 2.18. The Labute approximate surface area is 146 Å². The molecule has 24 heavy (non-hydrogen) atoms. The second-order valence-electron chi connectivity index (χ2n) is 7.11. The summed E-state index contributed by atoms with van der Waals surface area (Å²) >= 11 is 0. The molecule has 0 bridgehead atoms. The third kappa shape index (κ3) is 3.90. The average molecular weight is 323 g/mol. The second kappa shape index (κ2) is 7.27. The zero-order valence-electron chi connectivity index (χ0n) is 15.4. The third-order valence-electron chi connectivity index (χ3n) is 4.94. The van der Waals surface area contributed by atoms with Crippen molar-refractivity contribution in [1.82, 2.24) is 4.90 Å². The Hall–Kier alpha value is -2.00. The van der Waals surface area contributed by atoms with Crippen LogP contribution in [0.25, 0.3) is 0 Å². The molecule has 1 heterocycles. The van der Waals surface area contributed by atoms with Gasteiger partial charge in [-0.25, -0.2) is 0 Å². The molecular weight excluding hydrogens is 294 g/mol. The molecule has 0 atom stereocenters. The van der Waals surface area contributed by atoms with Crippen molar-refractivity contribution >= 4 is 11.4 Å². The Bertz CT molecular complexity index is 668. The van der Waals surface area contributed by atoms with Crippen LogP contribution in [0.3, 0.4) is 0 Å². The molecule has 3 nitrogen and oxygen atoms in total. The molecule has 0 saturated carbocycles. The molecule has 0 aromatic heterocycles. The van der Waals surface area contributed by atoms with E-state index in [1.807, 2.05) is 0 Å². The van der Waals surface area contributed by atoms with Gasteiger partial charge in [0.25, 0.3) is 0 Å². The van der Waals surface area contributed by atoms with E-state index in [2.05, 4.69) is 85.1 Å². The Morgan fingerprint density at radius 2 is 1.54 bits per heavy atom. The van der Waals surface area contributed by atoms with Crippen LogP contribution in [0, 0.1) is 13.8 Å². The van der Waals surface area contributed by atoms with Crippen molar-refractivity contribution in [2.45, 2.75) is 20.4 Å². The van der Waals surface area contributed by atoms with Gasteiger partial charge in [-0.1, -0.05) is 24.3 Å². The molecule has 1 fully saturated rings. The van der Waals surface area contributed by atoms with E-state index in [1.165, 1.54) is 28.1 Å². The fraction of sp³-hybridized carbons (Fsp3) is 0.429. The molecule has 1 saturated heterocycles. The zero-order chi connectivity index (χ0) is 17.1. The van der Waals surface area contributed by atoms with Crippen LogP contribution in [0.5, 0.6) is 0 Å². The van der Waals surface area contributed by atoms with Gasteiger partial charge in [-0.15, -0.1) is 0 Å². The summed E-state index contributed by atoms with van der Waals surface area (Å²) in [5.74, 6) is 0. The van der Waals surface area contributed by atoms with E-state index < -0.39 is 0 Å². The lowest BCUT2D eigenvalue weighted by molar-refractivity contribution is 0.250. The van der Waals surface area contributed by atoms with E-state index in [0.717, 1.165) is 32.7 Å². The van der Waals surface area contributed by atoms with E-state index in [1.54, 1.807) is 0 Å². The normalized spacial score (nSPS) is 15.6. The Kier molecular flexibility index (Phi) is 5.10. The van der Waals surface area contributed by atoms with Gasteiger partial charge in [-0.3, -0.25) is 4.90 Å². The largest absolute Gasteiger partial charge is 0.378 e. The topological polar surface area (TPSA) is 9.72 Å². The number of nitrogens with zero attached hydrogens (tertiary/aromatic N) is 3. The first-order valence-corrected chi connectivity index (χ1v) is 8.84. The predicted molar refractivity (Wildman–Crippen MR) is 104 cm³/mol. The predicted octanol–water partition coefficient (Wildman–Crippen LogP) is 3.69. The van der Waals surface area contributed by atoms with Crippen molar-refractivity contribution in [1.29, 1.82) is 0 Å². The highest BCUT2D eigenvalue weighted by molar-refractivity contribution is 5.55. The first-order chi connectivity index (χ1) is 11.5. The molecule has 0 unspecified atom stereocenters. The summed E-state index contributed by atoms with van der Waals surface area (Å²) in [5, 5.41) is 0. The van der Waals surface area contributed by atoms with Crippen molar-refractivity contribution in [2.24, 2.45) is 0 Å². The first-order valence-electron chi connectivity index (χ1n) is 8.84. The quantitative estimate of drug-likeness (QED) is 0.849. The standard InChI is InChI=1S/C21H29N3/c1-17-5-6-18(2)21(15-17)24-13-11-23(12-14-24)16-19-7-9-20(10-8-19)22(3)4/h5-10,15H,11-14,16H2,1-4H3. The smallest absolute Gasteiger partial charge is 0.0399 e. The minimum absolute atomic E-state index is 1.05. The van der Waals surface area contributed by atoms with Gasteiger partial charge >= 0.3 is 0 Å². The van der Waals surface area contributed by atoms with Gasteiger partial charge in [0.2, 0.25) is 0 Å². The highest BCUT2D eigenvalue weighted by Crippen LogP contribution is 2.23. The summed E-state index contributed by atoms with van der Waals surface area (Å²) < 4.78 is 0. The number of anilines is 2. The van der Waals surface area contributed by atoms with Gasteiger partial charge in [0.05, 0.1) is 0 Å². The Morgan fingerprint density at radius 1 is 0.875 bits per heavy atom. The summed E-state index contributed by atoms with van der Waals surface area (Å²) in [6, 6.07) is 15.7. The van der Waals surface area contributed by atoms with Crippen LogP contribution in [0.1, 0.15) is 16.7 Å². The molecule has 2 aromatic rings. The number of aryl methyl sites for hydroxylation is 2. The third-order valence-corrected chi connectivity index (χ3v) is 4.94. The van der Waals surface area contributed by atoms with E-state index in [4.69, 9.17) is 0 Å². The molecule has 0 spiro atoms. The van der Waals surface area contributed by atoms with Gasteiger partial charge in [0.15, 0.2) is 0 Å². The number of rotatable bonds is 4. The van der Waals surface area contributed by atoms with E-state index in [9.17, 15) is 0 Å². The van der Waals surface area contributed by atoms with Crippen LogP contribution in [0.15, 0.2) is 42.5 Å². The van der Waals surface area contributed by atoms with Gasteiger partial charge in [-0.05, 0) is 48.7 Å². The van der Waals surface area contributed by atoms with Gasteiger partial charge in [-0.2, -0.15) is 0 Å². The SMILES string of the molecule is Cc1ccc(C)c(N2CCN(Cc3ccc(N(C)C)cc3)CC2)c1. The average Bonchev–Trinajstić information content (AvgIpc) is 2.58. The monoisotopic (exact) mass is 323 g/mol. The second-order valence-corrected chi connectivity index (χ2v) is 7.11. The molecule has 3 rings (SSSR count). The lowest BCUT2D eigenvalue weighted by atomic mass is 10.1. The fourth-order valence-electron chi connectivity index (χ4n) is 3.36. The molecule has 1 aliphatic heterocycles. The van der Waals surface area contributed by atoms with Crippen LogP contribution in [0.4, 0.5) is 11.4 Å². The summed E-state index contributed by atoms with van der Waals surface area (Å²) in [6.45, 7) is 9.92. The summed E-state index contributed by atoms with van der Waals surface area (Å²) in [6.07, 6.45) is 0. The van der Waals surface area contributed by atoms with Crippen molar-refractivity contribution < 1.29 is 0 Å². The Balaban J connectivity index is 1.58. The van der Waals surface area contributed by atoms with E-state index in [0.29, 0.717) is 0 Å². The number of hydrogen-bond acceptors (Lipinski definition) is 3. The van der Waals surface area contributed by atoms with Gasteiger partial charge in [0, 0.05) is 58.2 Å². The Morgan fingerprint density at radius 3 is 2.17 bits per heavy atom. The summed E-state index contributed by atoms with van der Waals surface area (Å²) in [4.78, 5) is 7.24. The lowest BCUT2D eigenvalue weighted by Gasteiger charge is -2.37. The van der Waals surface area contributed by atoms with E-state index >= 15 is 0 Å². The summed E-state index contributed by atoms with van der Waals surface area (Å²) in [7, 11) is 4.17. The van der Waals surface area contributed by atoms with E-state index in [-0.39, 0.29) is 0 Å². The number of benzene rings is 2. The lowest BCUT2D eigenvalue weighted by Crippen LogP contribution is -2.46. The maximum Gasteiger partial charge on any atom is 0.0399 e. The minimum atomic E-state index is 1.05. The number of hydrogen-bond donors (Lipinski definition) is 0. The maximum absolute atomic E-state index is 2.56. The van der Waals surface area contributed by atoms with Crippen LogP contribution >= 0.6 is 0 Å². The van der Waals surface area contributed by atoms with Crippen LogP contribution < -0.4 is 9.80 Å². The molecule has 2 aromatic carbocycles. The molecule has 0 radical (unpaired) electrons. The highest BCUT2D eigenvalue weighted by atomic mass is 15.3. The first kappa shape index (κ1) is 16.8.